The standard InChI is InChI=1S/C17H15FN6O2/c18-14-7-2-1-5-12(14)10-25-13-6-3-4-11(8-13)9-21-22-16(19)15-17(20)24-26-23-15/h1-9H,10H2,(H2,19,22)(H2,20,24). The zero-order valence-electron chi connectivity index (χ0n) is 13.5. The number of ether oxygens (including phenoxy) is 1. The number of anilines is 1. The van der Waals surface area contributed by atoms with Gasteiger partial charge in [0.2, 0.25) is 0 Å². The summed E-state index contributed by atoms with van der Waals surface area (Å²) in [5.41, 5.74) is 12.5. The van der Waals surface area contributed by atoms with Crippen LogP contribution >= 0.6 is 0 Å². The molecule has 26 heavy (non-hydrogen) atoms. The fourth-order valence-corrected chi connectivity index (χ4v) is 2.04. The van der Waals surface area contributed by atoms with Crippen LogP contribution in [0.1, 0.15) is 16.8 Å². The Bertz CT molecular complexity index is 954. The molecule has 1 heterocycles. The molecule has 0 aliphatic rings. The third kappa shape index (κ3) is 4.20. The highest BCUT2D eigenvalue weighted by atomic mass is 19.1. The lowest BCUT2D eigenvalue weighted by atomic mass is 10.2. The lowest BCUT2D eigenvalue weighted by molar-refractivity contribution is 0.300. The Hall–Kier alpha value is -3.75. The molecule has 3 rings (SSSR count). The van der Waals surface area contributed by atoms with Crippen molar-refractivity contribution in [1.29, 1.82) is 0 Å². The van der Waals surface area contributed by atoms with Crippen molar-refractivity contribution in [2.24, 2.45) is 15.9 Å². The highest BCUT2D eigenvalue weighted by Crippen LogP contribution is 2.15. The first-order chi connectivity index (χ1) is 12.6. The molecule has 0 aliphatic carbocycles. The minimum Gasteiger partial charge on any atom is -0.489 e. The Morgan fingerprint density at radius 1 is 1.19 bits per heavy atom. The fraction of sp³-hybridized carbons (Fsp3) is 0.0588. The molecule has 1 aromatic heterocycles. The molecule has 0 unspecified atom stereocenters. The summed E-state index contributed by atoms with van der Waals surface area (Å²) in [6, 6.07) is 13.5. The van der Waals surface area contributed by atoms with E-state index in [4.69, 9.17) is 16.2 Å². The van der Waals surface area contributed by atoms with E-state index >= 15 is 0 Å². The largest absolute Gasteiger partial charge is 0.489 e. The highest BCUT2D eigenvalue weighted by molar-refractivity contribution is 5.99. The Labute approximate surface area is 147 Å². The van der Waals surface area contributed by atoms with Gasteiger partial charge in [0.1, 0.15) is 18.2 Å². The molecule has 9 heteroatoms. The lowest BCUT2D eigenvalue weighted by Crippen LogP contribution is -2.15. The first kappa shape index (κ1) is 17.1. The molecule has 2 aromatic carbocycles. The molecule has 4 N–H and O–H groups in total. The summed E-state index contributed by atoms with van der Waals surface area (Å²) in [6.45, 7) is 0.122. The molecule has 3 aromatic rings. The van der Waals surface area contributed by atoms with Gasteiger partial charge in [-0.1, -0.05) is 30.3 Å². The van der Waals surface area contributed by atoms with E-state index in [0.29, 0.717) is 11.3 Å². The van der Waals surface area contributed by atoms with E-state index < -0.39 is 0 Å². The molecular weight excluding hydrogens is 339 g/mol. The number of amidine groups is 1. The minimum absolute atomic E-state index is 0.0213. The van der Waals surface area contributed by atoms with E-state index in [-0.39, 0.29) is 29.8 Å². The summed E-state index contributed by atoms with van der Waals surface area (Å²) in [5, 5.41) is 14.6. The van der Waals surface area contributed by atoms with Crippen LogP contribution in [0.5, 0.6) is 5.75 Å². The topological polar surface area (TPSA) is 125 Å². The Morgan fingerprint density at radius 2 is 2.04 bits per heavy atom. The van der Waals surface area contributed by atoms with Crippen LogP contribution in [0.15, 0.2) is 63.4 Å². The number of benzene rings is 2. The maximum atomic E-state index is 13.6. The van der Waals surface area contributed by atoms with Gasteiger partial charge in [0.05, 0.1) is 6.21 Å². The summed E-state index contributed by atoms with van der Waals surface area (Å²) in [6.07, 6.45) is 1.48. The number of nitrogen functional groups attached to an aromatic ring is 1. The van der Waals surface area contributed by atoms with Crippen LogP contribution in [-0.2, 0) is 6.61 Å². The number of nitrogens with two attached hydrogens (primary N) is 2. The molecule has 0 aliphatic heterocycles. The first-order valence-corrected chi connectivity index (χ1v) is 7.54. The van der Waals surface area contributed by atoms with Crippen molar-refractivity contribution in [1.82, 2.24) is 10.3 Å². The third-order valence-electron chi connectivity index (χ3n) is 3.34. The van der Waals surface area contributed by atoms with Crippen molar-refractivity contribution < 1.29 is 13.8 Å². The number of hydrogen-bond acceptors (Lipinski definition) is 7. The Balaban J connectivity index is 1.65. The summed E-state index contributed by atoms with van der Waals surface area (Å²) in [7, 11) is 0. The maximum absolute atomic E-state index is 13.6. The van der Waals surface area contributed by atoms with Gasteiger partial charge in [-0.05, 0) is 34.1 Å². The molecule has 0 fully saturated rings. The van der Waals surface area contributed by atoms with Crippen molar-refractivity contribution >= 4 is 17.9 Å². The Kier molecular flexibility index (Phi) is 5.18. The average molecular weight is 354 g/mol. The molecule has 0 spiro atoms. The van der Waals surface area contributed by atoms with E-state index in [9.17, 15) is 4.39 Å². The van der Waals surface area contributed by atoms with Crippen molar-refractivity contribution in [3.8, 4) is 5.75 Å². The predicted molar refractivity (Wildman–Crippen MR) is 94.2 cm³/mol. The van der Waals surface area contributed by atoms with Crippen LogP contribution in [0.2, 0.25) is 0 Å². The molecule has 0 amide bonds. The van der Waals surface area contributed by atoms with Gasteiger partial charge in [0.25, 0.3) is 0 Å². The molecule has 0 saturated carbocycles. The highest BCUT2D eigenvalue weighted by Gasteiger charge is 2.09. The summed E-state index contributed by atoms with van der Waals surface area (Å²) in [4.78, 5) is 0. The van der Waals surface area contributed by atoms with Crippen molar-refractivity contribution in [2.45, 2.75) is 6.61 Å². The van der Waals surface area contributed by atoms with Crippen molar-refractivity contribution in [2.75, 3.05) is 5.73 Å². The van der Waals surface area contributed by atoms with Crippen molar-refractivity contribution in [3.05, 3.63) is 71.2 Å². The van der Waals surface area contributed by atoms with Crippen LogP contribution < -0.4 is 16.2 Å². The number of rotatable bonds is 6. The van der Waals surface area contributed by atoms with Gasteiger partial charge in [-0.2, -0.15) is 5.10 Å². The number of aromatic nitrogens is 2. The zero-order chi connectivity index (χ0) is 18.4. The summed E-state index contributed by atoms with van der Waals surface area (Å²) >= 11 is 0. The SMILES string of the molecule is N/C(=N\N=Cc1cccc(OCc2ccccc2F)c1)c1nonc1N. The average Bonchev–Trinajstić information content (AvgIpc) is 3.07. The normalized spacial score (nSPS) is 11.8. The second-order valence-electron chi connectivity index (χ2n) is 5.18. The molecular formula is C17H15FN6O2. The maximum Gasteiger partial charge on any atom is 0.199 e. The van der Waals surface area contributed by atoms with Gasteiger partial charge >= 0.3 is 0 Å². The van der Waals surface area contributed by atoms with Crippen LogP contribution in [0, 0.1) is 5.82 Å². The van der Waals surface area contributed by atoms with Gasteiger partial charge < -0.3 is 16.2 Å². The molecule has 0 saturated heterocycles. The quantitative estimate of drug-likeness (QED) is 0.397. The van der Waals surface area contributed by atoms with Gasteiger partial charge in [-0.15, -0.1) is 5.10 Å². The van der Waals surface area contributed by atoms with Crippen LogP contribution in [-0.4, -0.2) is 22.4 Å². The van der Waals surface area contributed by atoms with E-state index in [1.807, 2.05) is 0 Å². The molecule has 0 atom stereocenters. The minimum atomic E-state index is -0.309. The molecule has 8 nitrogen and oxygen atoms in total. The summed E-state index contributed by atoms with van der Waals surface area (Å²) in [5.74, 6) is 0.271. The smallest absolute Gasteiger partial charge is 0.199 e. The number of nitrogens with zero attached hydrogens (tertiary/aromatic N) is 4. The third-order valence-corrected chi connectivity index (χ3v) is 3.34. The zero-order valence-corrected chi connectivity index (χ0v) is 13.5. The van der Waals surface area contributed by atoms with Gasteiger partial charge in [0, 0.05) is 5.56 Å². The monoisotopic (exact) mass is 354 g/mol. The lowest BCUT2D eigenvalue weighted by Gasteiger charge is -2.07. The fourth-order valence-electron chi connectivity index (χ4n) is 2.04. The summed E-state index contributed by atoms with van der Waals surface area (Å²) < 4.78 is 23.6. The van der Waals surface area contributed by atoms with Gasteiger partial charge in [-0.3, -0.25) is 0 Å². The van der Waals surface area contributed by atoms with Crippen LogP contribution in [0.4, 0.5) is 10.2 Å². The van der Waals surface area contributed by atoms with E-state index in [0.717, 1.165) is 5.56 Å². The van der Waals surface area contributed by atoms with Crippen molar-refractivity contribution in [3.63, 3.8) is 0 Å². The molecule has 0 radical (unpaired) electrons. The van der Waals surface area contributed by atoms with E-state index in [2.05, 4.69) is 25.1 Å². The van der Waals surface area contributed by atoms with Gasteiger partial charge in [-0.25, -0.2) is 9.02 Å². The van der Waals surface area contributed by atoms with Crippen LogP contribution in [0.3, 0.4) is 0 Å². The van der Waals surface area contributed by atoms with Crippen LogP contribution in [0.25, 0.3) is 0 Å². The number of hydrogen-bond donors (Lipinski definition) is 2. The molecule has 0 bridgehead atoms. The Morgan fingerprint density at radius 3 is 2.81 bits per heavy atom. The second kappa shape index (κ2) is 7.88. The van der Waals surface area contributed by atoms with E-state index in [1.165, 1.54) is 12.3 Å². The van der Waals surface area contributed by atoms with E-state index in [1.54, 1.807) is 42.5 Å². The van der Waals surface area contributed by atoms with Gasteiger partial charge in [0.15, 0.2) is 17.3 Å². The molecule has 132 valence electrons. The predicted octanol–water partition coefficient (Wildman–Crippen LogP) is 2.11. The first-order valence-electron chi connectivity index (χ1n) is 7.54. The number of halogens is 1. The second-order valence-corrected chi connectivity index (χ2v) is 5.18.